The Balaban J connectivity index is 2.38. The Morgan fingerprint density at radius 3 is 2.62 bits per heavy atom. The Labute approximate surface area is 133 Å². The van der Waals surface area contributed by atoms with E-state index in [1.807, 2.05) is 32.0 Å². The summed E-state index contributed by atoms with van der Waals surface area (Å²) >= 11 is 4.11. The number of nitrogens with zero attached hydrogens (tertiary/aromatic N) is 1. The highest BCUT2D eigenvalue weighted by molar-refractivity contribution is 9.10. The van der Waals surface area contributed by atoms with Gasteiger partial charge >= 0.3 is 6.18 Å². The Kier molecular flexibility index (Phi) is 5.06. The largest absolute Gasteiger partial charge is 0.443 e. The quantitative estimate of drug-likeness (QED) is 0.815. The summed E-state index contributed by atoms with van der Waals surface area (Å²) in [6.45, 7) is 4.52. The third-order valence-electron chi connectivity index (χ3n) is 2.97. The molecule has 21 heavy (non-hydrogen) atoms. The molecule has 7 heteroatoms. The number of alkyl halides is 3. The Hall–Kier alpha value is -0.920. The van der Waals surface area contributed by atoms with Crippen LogP contribution in [0.15, 0.2) is 28.9 Å². The number of halogens is 4. The molecule has 2 aromatic rings. The third-order valence-corrected chi connectivity index (χ3v) is 4.97. The fraction of sp³-hybridized carbons (Fsp3) is 0.357. The van der Waals surface area contributed by atoms with Crippen molar-refractivity contribution in [1.82, 2.24) is 10.3 Å². The van der Waals surface area contributed by atoms with E-state index in [4.69, 9.17) is 0 Å². The minimum absolute atomic E-state index is 0.282. The van der Waals surface area contributed by atoms with Crippen LogP contribution in [-0.2, 0) is 6.18 Å². The van der Waals surface area contributed by atoms with Gasteiger partial charge in [0.2, 0.25) is 0 Å². The number of rotatable bonds is 4. The number of nitrogens with one attached hydrogen (secondary N) is 1. The van der Waals surface area contributed by atoms with Crippen molar-refractivity contribution < 1.29 is 13.2 Å². The van der Waals surface area contributed by atoms with E-state index >= 15 is 0 Å². The van der Waals surface area contributed by atoms with Crippen LogP contribution in [0.1, 0.15) is 34.0 Å². The minimum Gasteiger partial charge on any atom is -0.306 e. The molecule has 0 radical (unpaired) electrons. The van der Waals surface area contributed by atoms with Gasteiger partial charge in [0, 0.05) is 15.5 Å². The standard InChI is InChI=1S/C14H14BrF3N2S/c1-3-19-12(9-4-5-10(15)8(2)6-9)11-7-20-13(21-11)14(16,17)18/h4-7,12,19H,3H2,1-2H3. The summed E-state index contributed by atoms with van der Waals surface area (Å²) in [6, 6.07) is 5.48. The molecule has 2 rings (SSSR count). The average molecular weight is 379 g/mol. The molecule has 0 saturated heterocycles. The lowest BCUT2D eigenvalue weighted by Crippen LogP contribution is -2.21. The van der Waals surface area contributed by atoms with Gasteiger partial charge in [0.05, 0.1) is 6.04 Å². The number of hydrogen-bond donors (Lipinski definition) is 1. The maximum atomic E-state index is 12.7. The minimum atomic E-state index is -4.39. The Morgan fingerprint density at radius 1 is 1.38 bits per heavy atom. The molecule has 1 aromatic heterocycles. The van der Waals surface area contributed by atoms with Crippen molar-refractivity contribution in [3.8, 4) is 0 Å². The van der Waals surface area contributed by atoms with Gasteiger partial charge in [0.25, 0.3) is 0 Å². The van der Waals surface area contributed by atoms with Gasteiger partial charge in [-0.05, 0) is 30.7 Å². The van der Waals surface area contributed by atoms with Gasteiger partial charge < -0.3 is 5.32 Å². The second-order valence-corrected chi connectivity index (χ2v) is 6.48. The molecule has 1 unspecified atom stereocenters. The first-order chi connectivity index (χ1) is 9.82. The second-order valence-electron chi connectivity index (χ2n) is 4.56. The molecule has 0 spiro atoms. The van der Waals surface area contributed by atoms with E-state index in [2.05, 4.69) is 26.2 Å². The van der Waals surface area contributed by atoms with Crippen LogP contribution < -0.4 is 5.32 Å². The molecule has 0 bridgehead atoms. The lowest BCUT2D eigenvalue weighted by Gasteiger charge is -2.17. The number of aromatic nitrogens is 1. The molecule has 114 valence electrons. The summed E-state index contributed by atoms with van der Waals surface area (Å²) in [6.07, 6.45) is -3.09. The smallest absolute Gasteiger partial charge is 0.306 e. The van der Waals surface area contributed by atoms with Crippen LogP contribution in [-0.4, -0.2) is 11.5 Å². The molecule has 0 aliphatic carbocycles. The molecule has 2 nitrogen and oxygen atoms in total. The van der Waals surface area contributed by atoms with Crippen LogP contribution >= 0.6 is 27.3 Å². The number of benzene rings is 1. The zero-order valence-corrected chi connectivity index (χ0v) is 13.9. The second kappa shape index (κ2) is 6.46. The van der Waals surface area contributed by atoms with Crippen molar-refractivity contribution in [2.45, 2.75) is 26.1 Å². The van der Waals surface area contributed by atoms with E-state index in [0.29, 0.717) is 22.8 Å². The van der Waals surface area contributed by atoms with E-state index in [0.717, 1.165) is 15.6 Å². The molecular weight excluding hydrogens is 365 g/mol. The molecule has 1 atom stereocenters. The summed E-state index contributed by atoms with van der Waals surface area (Å²) in [5, 5.41) is 2.40. The number of thiazole rings is 1. The zero-order valence-electron chi connectivity index (χ0n) is 11.5. The number of aryl methyl sites for hydroxylation is 1. The maximum Gasteiger partial charge on any atom is 0.443 e. The molecule has 1 aromatic carbocycles. The van der Waals surface area contributed by atoms with Gasteiger partial charge in [-0.25, -0.2) is 4.98 Å². The van der Waals surface area contributed by atoms with E-state index in [1.54, 1.807) is 0 Å². The first kappa shape index (κ1) is 16.5. The van der Waals surface area contributed by atoms with E-state index < -0.39 is 11.2 Å². The van der Waals surface area contributed by atoms with Gasteiger partial charge in [-0.15, -0.1) is 11.3 Å². The summed E-state index contributed by atoms with van der Waals surface area (Å²) in [5.41, 5.74) is 1.96. The highest BCUT2D eigenvalue weighted by Gasteiger charge is 2.35. The van der Waals surface area contributed by atoms with Crippen LogP contribution in [0.3, 0.4) is 0 Å². The molecular formula is C14H14BrF3N2S. The normalized spacial score (nSPS) is 13.4. The predicted molar refractivity (Wildman–Crippen MR) is 81.5 cm³/mol. The van der Waals surface area contributed by atoms with Crippen molar-refractivity contribution >= 4 is 27.3 Å². The van der Waals surface area contributed by atoms with E-state index in [1.165, 1.54) is 6.20 Å². The maximum absolute atomic E-state index is 12.7. The van der Waals surface area contributed by atoms with Crippen molar-refractivity contribution in [3.05, 3.63) is 49.9 Å². The van der Waals surface area contributed by atoms with Gasteiger partial charge in [0.15, 0.2) is 5.01 Å². The molecule has 0 fully saturated rings. The van der Waals surface area contributed by atoms with Crippen LogP contribution in [0.25, 0.3) is 0 Å². The van der Waals surface area contributed by atoms with Crippen molar-refractivity contribution in [2.24, 2.45) is 0 Å². The summed E-state index contributed by atoms with van der Waals surface area (Å²) in [7, 11) is 0. The van der Waals surface area contributed by atoms with Gasteiger partial charge in [-0.3, -0.25) is 0 Å². The van der Waals surface area contributed by atoms with Crippen LogP contribution in [0.2, 0.25) is 0 Å². The highest BCUT2D eigenvalue weighted by atomic mass is 79.9. The van der Waals surface area contributed by atoms with Gasteiger partial charge in [-0.2, -0.15) is 13.2 Å². The zero-order chi connectivity index (χ0) is 15.6. The first-order valence-corrected chi connectivity index (χ1v) is 7.96. The van der Waals surface area contributed by atoms with Crippen LogP contribution in [0, 0.1) is 6.92 Å². The average Bonchev–Trinajstić information content (AvgIpc) is 2.89. The van der Waals surface area contributed by atoms with Crippen molar-refractivity contribution in [3.63, 3.8) is 0 Å². The highest BCUT2D eigenvalue weighted by Crippen LogP contribution is 2.36. The fourth-order valence-electron chi connectivity index (χ4n) is 1.99. The van der Waals surface area contributed by atoms with Gasteiger partial charge in [0.1, 0.15) is 0 Å². The number of hydrogen-bond acceptors (Lipinski definition) is 3. The van der Waals surface area contributed by atoms with E-state index in [-0.39, 0.29) is 6.04 Å². The van der Waals surface area contributed by atoms with Crippen LogP contribution in [0.4, 0.5) is 13.2 Å². The van der Waals surface area contributed by atoms with Crippen LogP contribution in [0.5, 0.6) is 0 Å². The fourth-order valence-corrected chi connectivity index (χ4v) is 3.12. The monoisotopic (exact) mass is 378 g/mol. The topological polar surface area (TPSA) is 24.9 Å². The molecule has 1 N–H and O–H groups in total. The molecule has 1 heterocycles. The first-order valence-electron chi connectivity index (χ1n) is 6.35. The van der Waals surface area contributed by atoms with Gasteiger partial charge in [-0.1, -0.05) is 35.0 Å². The molecule has 0 aliphatic rings. The lowest BCUT2D eigenvalue weighted by molar-refractivity contribution is -0.137. The Morgan fingerprint density at radius 2 is 2.10 bits per heavy atom. The summed E-state index contributed by atoms with van der Waals surface area (Å²) < 4.78 is 39.0. The lowest BCUT2D eigenvalue weighted by atomic mass is 10.0. The third kappa shape index (κ3) is 3.84. The van der Waals surface area contributed by atoms with E-state index in [9.17, 15) is 13.2 Å². The molecule has 0 saturated carbocycles. The van der Waals surface area contributed by atoms with Crippen molar-refractivity contribution in [1.29, 1.82) is 0 Å². The summed E-state index contributed by atoms with van der Waals surface area (Å²) in [4.78, 5) is 4.06. The van der Waals surface area contributed by atoms with Crippen molar-refractivity contribution in [2.75, 3.05) is 6.54 Å². The Bertz CT molecular complexity index is 625. The summed E-state index contributed by atoms with van der Waals surface area (Å²) in [5.74, 6) is 0. The predicted octanol–water partition coefficient (Wildman–Crippen LogP) is 4.93. The molecule has 0 aliphatic heterocycles. The SMILES string of the molecule is CCNC(c1ccc(Br)c(C)c1)c1cnc(C(F)(F)F)s1. The molecule has 0 amide bonds.